The van der Waals surface area contributed by atoms with Gasteiger partial charge in [0.2, 0.25) is 0 Å². The molecule has 0 fully saturated rings. The molecule has 2 atom stereocenters. The predicted octanol–water partition coefficient (Wildman–Crippen LogP) is 3.41. The van der Waals surface area contributed by atoms with Crippen LogP contribution in [0.15, 0.2) is 18.2 Å². The molecule has 0 saturated heterocycles. The van der Waals surface area contributed by atoms with E-state index in [9.17, 15) is 0 Å². The molecule has 1 aromatic rings. The summed E-state index contributed by atoms with van der Waals surface area (Å²) in [6.45, 7) is 6.10. The third-order valence-corrected chi connectivity index (χ3v) is 2.75. The Kier molecular flexibility index (Phi) is 5.10. The molecule has 0 aliphatic heterocycles. The molecule has 0 saturated carbocycles. The van der Waals surface area contributed by atoms with Crippen LogP contribution in [0.3, 0.4) is 0 Å². The van der Waals surface area contributed by atoms with Gasteiger partial charge >= 0.3 is 0 Å². The van der Waals surface area contributed by atoms with Crippen molar-refractivity contribution in [2.24, 2.45) is 5.73 Å². The molecule has 16 heavy (non-hydrogen) atoms. The zero-order valence-electron chi connectivity index (χ0n) is 10.2. The van der Waals surface area contributed by atoms with Crippen LogP contribution >= 0.6 is 11.6 Å². The number of ether oxygens (including phenoxy) is 1. The zero-order valence-corrected chi connectivity index (χ0v) is 10.9. The van der Waals surface area contributed by atoms with Gasteiger partial charge in [-0.05, 0) is 44.4 Å². The summed E-state index contributed by atoms with van der Waals surface area (Å²) in [6, 6.07) is 6.03. The Morgan fingerprint density at radius 3 is 2.56 bits per heavy atom. The fourth-order valence-electron chi connectivity index (χ4n) is 1.44. The number of halogens is 1. The minimum atomic E-state index is 0.150. The summed E-state index contributed by atoms with van der Waals surface area (Å²) in [5.41, 5.74) is 6.89. The smallest absolute Gasteiger partial charge is 0.138 e. The average Bonchev–Trinajstić information content (AvgIpc) is 2.21. The Bertz CT molecular complexity index is 339. The van der Waals surface area contributed by atoms with Gasteiger partial charge in [-0.1, -0.05) is 24.6 Å². The largest absolute Gasteiger partial charge is 0.489 e. The first-order valence-corrected chi connectivity index (χ1v) is 6.11. The van der Waals surface area contributed by atoms with Gasteiger partial charge < -0.3 is 10.5 Å². The third-order valence-electron chi connectivity index (χ3n) is 2.46. The molecule has 2 unspecified atom stereocenters. The number of hydrogen-bond donors (Lipinski definition) is 1. The SMILES string of the molecule is CCC(C)Oc1ccc(CC(C)N)cc1Cl. The molecule has 0 heterocycles. The summed E-state index contributed by atoms with van der Waals surface area (Å²) in [5, 5.41) is 0.665. The van der Waals surface area contributed by atoms with Crippen LogP contribution in [0, 0.1) is 0 Å². The maximum atomic E-state index is 6.15. The molecular formula is C13H20ClNO. The van der Waals surface area contributed by atoms with E-state index in [1.54, 1.807) is 0 Å². The molecule has 3 heteroatoms. The number of benzene rings is 1. The van der Waals surface area contributed by atoms with E-state index >= 15 is 0 Å². The van der Waals surface area contributed by atoms with E-state index < -0.39 is 0 Å². The third kappa shape index (κ3) is 4.03. The predicted molar refractivity (Wildman–Crippen MR) is 69.2 cm³/mol. The fourth-order valence-corrected chi connectivity index (χ4v) is 1.69. The van der Waals surface area contributed by atoms with Crippen molar-refractivity contribution in [2.45, 2.75) is 45.8 Å². The van der Waals surface area contributed by atoms with E-state index in [0.717, 1.165) is 24.2 Å². The van der Waals surface area contributed by atoms with E-state index in [-0.39, 0.29) is 12.1 Å². The first-order valence-electron chi connectivity index (χ1n) is 5.73. The van der Waals surface area contributed by atoms with Crippen LogP contribution in [-0.4, -0.2) is 12.1 Å². The van der Waals surface area contributed by atoms with Crippen molar-refractivity contribution in [3.63, 3.8) is 0 Å². The van der Waals surface area contributed by atoms with E-state index in [0.29, 0.717) is 5.02 Å². The Morgan fingerprint density at radius 2 is 2.06 bits per heavy atom. The molecule has 0 spiro atoms. The van der Waals surface area contributed by atoms with Crippen molar-refractivity contribution in [1.29, 1.82) is 0 Å². The highest BCUT2D eigenvalue weighted by atomic mass is 35.5. The van der Waals surface area contributed by atoms with Gasteiger partial charge in [-0.15, -0.1) is 0 Å². The molecule has 0 bridgehead atoms. The first kappa shape index (κ1) is 13.3. The lowest BCUT2D eigenvalue weighted by molar-refractivity contribution is 0.217. The van der Waals surface area contributed by atoms with Crippen LogP contribution in [0.5, 0.6) is 5.75 Å². The Hall–Kier alpha value is -0.730. The highest BCUT2D eigenvalue weighted by Gasteiger charge is 2.07. The minimum absolute atomic E-state index is 0.150. The molecule has 0 amide bonds. The summed E-state index contributed by atoms with van der Waals surface area (Å²) in [5.74, 6) is 0.754. The molecule has 1 rings (SSSR count). The van der Waals surface area contributed by atoms with Gasteiger partial charge in [0.25, 0.3) is 0 Å². The van der Waals surface area contributed by atoms with Crippen molar-refractivity contribution >= 4 is 11.6 Å². The van der Waals surface area contributed by atoms with Crippen molar-refractivity contribution in [3.8, 4) is 5.75 Å². The van der Waals surface area contributed by atoms with Crippen LogP contribution in [0.1, 0.15) is 32.8 Å². The standard InChI is InChI=1S/C13H20ClNO/c1-4-10(3)16-13-6-5-11(7-9(2)15)8-12(13)14/h5-6,8-10H,4,7,15H2,1-3H3. The van der Waals surface area contributed by atoms with Crippen molar-refractivity contribution in [1.82, 2.24) is 0 Å². The van der Waals surface area contributed by atoms with Crippen molar-refractivity contribution < 1.29 is 4.74 Å². The van der Waals surface area contributed by atoms with Gasteiger partial charge in [0.1, 0.15) is 5.75 Å². The summed E-state index contributed by atoms with van der Waals surface area (Å²) in [6.07, 6.45) is 2.00. The maximum absolute atomic E-state index is 6.15. The van der Waals surface area contributed by atoms with Crippen molar-refractivity contribution in [3.05, 3.63) is 28.8 Å². The lowest BCUT2D eigenvalue weighted by Gasteiger charge is -2.15. The molecule has 0 aromatic heterocycles. The lowest BCUT2D eigenvalue weighted by Crippen LogP contribution is -2.17. The van der Waals surface area contributed by atoms with Crippen molar-refractivity contribution in [2.75, 3.05) is 0 Å². The minimum Gasteiger partial charge on any atom is -0.489 e. The summed E-state index contributed by atoms with van der Waals surface area (Å²) < 4.78 is 5.69. The molecule has 2 nitrogen and oxygen atoms in total. The van der Waals surface area contributed by atoms with E-state index in [1.807, 2.05) is 32.0 Å². The average molecular weight is 242 g/mol. The Balaban J connectivity index is 2.75. The van der Waals surface area contributed by atoms with Gasteiger partial charge in [-0.2, -0.15) is 0 Å². The molecule has 90 valence electrons. The second-order valence-electron chi connectivity index (χ2n) is 4.28. The second kappa shape index (κ2) is 6.12. The highest BCUT2D eigenvalue weighted by molar-refractivity contribution is 6.32. The van der Waals surface area contributed by atoms with Crippen LogP contribution in [-0.2, 0) is 6.42 Å². The van der Waals surface area contributed by atoms with Gasteiger partial charge in [0.15, 0.2) is 0 Å². The van der Waals surface area contributed by atoms with Crippen LogP contribution < -0.4 is 10.5 Å². The summed E-state index contributed by atoms with van der Waals surface area (Å²) in [4.78, 5) is 0. The van der Waals surface area contributed by atoms with Crippen LogP contribution in [0.2, 0.25) is 5.02 Å². The van der Waals surface area contributed by atoms with Gasteiger partial charge in [0.05, 0.1) is 11.1 Å². The van der Waals surface area contributed by atoms with Gasteiger partial charge in [-0.25, -0.2) is 0 Å². The van der Waals surface area contributed by atoms with Gasteiger partial charge in [-0.3, -0.25) is 0 Å². The normalized spacial score (nSPS) is 14.6. The van der Waals surface area contributed by atoms with E-state index in [1.165, 1.54) is 0 Å². The van der Waals surface area contributed by atoms with E-state index in [4.69, 9.17) is 22.1 Å². The quantitative estimate of drug-likeness (QED) is 0.858. The molecule has 0 radical (unpaired) electrons. The summed E-state index contributed by atoms with van der Waals surface area (Å²) >= 11 is 6.15. The van der Waals surface area contributed by atoms with Crippen LogP contribution in [0.25, 0.3) is 0 Å². The molecule has 2 N–H and O–H groups in total. The lowest BCUT2D eigenvalue weighted by atomic mass is 10.1. The van der Waals surface area contributed by atoms with E-state index in [2.05, 4.69) is 6.92 Å². The van der Waals surface area contributed by atoms with Crippen LogP contribution in [0.4, 0.5) is 0 Å². The monoisotopic (exact) mass is 241 g/mol. The first-order chi connectivity index (χ1) is 7.52. The summed E-state index contributed by atoms with van der Waals surface area (Å²) in [7, 11) is 0. The molecule has 1 aromatic carbocycles. The number of hydrogen-bond acceptors (Lipinski definition) is 2. The molecule has 0 aliphatic rings. The highest BCUT2D eigenvalue weighted by Crippen LogP contribution is 2.27. The topological polar surface area (TPSA) is 35.2 Å². The second-order valence-corrected chi connectivity index (χ2v) is 4.69. The Morgan fingerprint density at radius 1 is 1.38 bits per heavy atom. The number of rotatable bonds is 5. The fraction of sp³-hybridized carbons (Fsp3) is 0.538. The molecular weight excluding hydrogens is 222 g/mol. The zero-order chi connectivity index (χ0) is 12.1. The Labute approximate surface area is 103 Å². The number of nitrogens with two attached hydrogens (primary N) is 1. The maximum Gasteiger partial charge on any atom is 0.138 e. The molecule has 0 aliphatic carbocycles. The van der Waals surface area contributed by atoms with Gasteiger partial charge in [0, 0.05) is 6.04 Å².